The molecular formula is C26H31NO5. The van der Waals surface area contributed by atoms with Crippen LogP contribution in [0.1, 0.15) is 45.7 Å². The number of hydrogen-bond acceptors (Lipinski definition) is 5. The van der Waals surface area contributed by atoms with Crippen molar-refractivity contribution in [3.63, 3.8) is 0 Å². The number of ether oxygens (including phenoxy) is 2. The number of Topliss-reactive ketones (excluding diaryl/α,β-unsaturated/α-hetero) is 1. The SMILES string of the molecule is COc1cccc(C2C(C(=O)CC(C)C)=C(O)C(=O)N2c2ccc(OCC(C)C)cc2)c1. The Balaban J connectivity index is 2.04. The van der Waals surface area contributed by atoms with Gasteiger partial charge in [0.15, 0.2) is 11.5 Å². The van der Waals surface area contributed by atoms with Crippen LogP contribution in [0.4, 0.5) is 5.69 Å². The molecule has 32 heavy (non-hydrogen) atoms. The minimum absolute atomic E-state index is 0.0929. The maximum absolute atomic E-state index is 13.1. The second-order valence-electron chi connectivity index (χ2n) is 8.84. The van der Waals surface area contributed by atoms with Gasteiger partial charge in [0, 0.05) is 12.1 Å². The lowest BCUT2D eigenvalue weighted by Gasteiger charge is -2.27. The molecule has 0 aromatic heterocycles. The second kappa shape index (κ2) is 9.90. The first-order valence-electron chi connectivity index (χ1n) is 10.9. The van der Waals surface area contributed by atoms with Crippen molar-refractivity contribution in [2.75, 3.05) is 18.6 Å². The van der Waals surface area contributed by atoms with E-state index in [-0.39, 0.29) is 23.7 Å². The van der Waals surface area contributed by atoms with E-state index < -0.39 is 17.7 Å². The van der Waals surface area contributed by atoms with Crippen molar-refractivity contribution in [2.24, 2.45) is 11.8 Å². The maximum Gasteiger partial charge on any atom is 0.294 e. The number of benzene rings is 2. The van der Waals surface area contributed by atoms with Crippen molar-refractivity contribution >= 4 is 17.4 Å². The number of nitrogens with zero attached hydrogens (tertiary/aromatic N) is 1. The fraction of sp³-hybridized carbons (Fsp3) is 0.385. The van der Waals surface area contributed by atoms with Crippen LogP contribution in [0.15, 0.2) is 59.9 Å². The van der Waals surface area contributed by atoms with Gasteiger partial charge in [0.2, 0.25) is 0 Å². The van der Waals surface area contributed by atoms with Crippen LogP contribution in [0.25, 0.3) is 0 Å². The highest BCUT2D eigenvalue weighted by molar-refractivity contribution is 6.16. The molecule has 0 saturated heterocycles. The minimum Gasteiger partial charge on any atom is -0.503 e. The van der Waals surface area contributed by atoms with Crippen molar-refractivity contribution < 1.29 is 24.2 Å². The molecule has 0 saturated carbocycles. The van der Waals surface area contributed by atoms with Gasteiger partial charge in [0.1, 0.15) is 11.5 Å². The molecule has 0 fully saturated rings. The summed E-state index contributed by atoms with van der Waals surface area (Å²) in [5, 5.41) is 10.7. The number of ketones is 1. The van der Waals surface area contributed by atoms with E-state index in [0.717, 1.165) is 0 Å². The number of carbonyl (C=O) groups excluding carboxylic acids is 2. The first-order chi connectivity index (χ1) is 15.2. The lowest BCUT2D eigenvalue weighted by molar-refractivity contribution is -0.118. The molecule has 1 aliphatic rings. The van der Waals surface area contributed by atoms with Crippen molar-refractivity contribution in [1.82, 2.24) is 0 Å². The summed E-state index contributed by atoms with van der Waals surface area (Å²) in [6.45, 7) is 8.59. The largest absolute Gasteiger partial charge is 0.503 e. The number of hydrogen-bond donors (Lipinski definition) is 1. The van der Waals surface area contributed by atoms with Gasteiger partial charge in [-0.25, -0.2) is 0 Å². The topological polar surface area (TPSA) is 76.1 Å². The van der Waals surface area contributed by atoms with Gasteiger partial charge in [0.25, 0.3) is 5.91 Å². The molecule has 1 atom stereocenters. The summed E-state index contributed by atoms with van der Waals surface area (Å²) in [6, 6.07) is 13.6. The van der Waals surface area contributed by atoms with Crippen molar-refractivity contribution in [2.45, 2.75) is 40.2 Å². The van der Waals surface area contributed by atoms with Crippen LogP contribution >= 0.6 is 0 Å². The first kappa shape index (κ1) is 23.4. The number of carbonyl (C=O) groups is 2. The molecule has 0 bridgehead atoms. The molecule has 1 N–H and O–H groups in total. The lowest BCUT2D eigenvalue weighted by Crippen LogP contribution is -2.31. The fourth-order valence-electron chi connectivity index (χ4n) is 3.73. The van der Waals surface area contributed by atoms with Crippen LogP contribution in [-0.4, -0.2) is 30.5 Å². The minimum atomic E-state index is -0.744. The number of anilines is 1. The summed E-state index contributed by atoms with van der Waals surface area (Å²) < 4.78 is 11.1. The molecule has 2 aromatic rings. The zero-order valence-corrected chi connectivity index (χ0v) is 19.3. The monoisotopic (exact) mass is 437 g/mol. The Hall–Kier alpha value is -3.28. The predicted octanol–water partition coefficient (Wildman–Crippen LogP) is 5.25. The molecule has 1 amide bonds. The summed E-state index contributed by atoms with van der Waals surface area (Å²) >= 11 is 0. The number of aliphatic hydroxyl groups excluding tert-OH is 1. The summed E-state index contributed by atoms with van der Waals surface area (Å²) in [4.78, 5) is 27.7. The van der Waals surface area contributed by atoms with Crippen LogP contribution in [0.3, 0.4) is 0 Å². The van der Waals surface area contributed by atoms with Crippen LogP contribution < -0.4 is 14.4 Å². The van der Waals surface area contributed by atoms with Gasteiger partial charge in [0.05, 0.1) is 25.3 Å². The van der Waals surface area contributed by atoms with E-state index in [1.54, 1.807) is 49.6 Å². The van der Waals surface area contributed by atoms with Crippen LogP contribution in [0, 0.1) is 11.8 Å². The molecule has 6 nitrogen and oxygen atoms in total. The van der Waals surface area contributed by atoms with E-state index in [1.807, 2.05) is 19.9 Å². The number of methoxy groups -OCH3 is 1. The van der Waals surface area contributed by atoms with Crippen LogP contribution in [0.2, 0.25) is 0 Å². The highest BCUT2D eigenvalue weighted by atomic mass is 16.5. The van der Waals surface area contributed by atoms with E-state index >= 15 is 0 Å². The molecule has 6 heteroatoms. The van der Waals surface area contributed by atoms with E-state index in [9.17, 15) is 14.7 Å². The van der Waals surface area contributed by atoms with Gasteiger partial charge in [-0.1, -0.05) is 39.8 Å². The Morgan fingerprint density at radius 1 is 1.03 bits per heavy atom. The Bertz CT molecular complexity index is 1010. The lowest BCUT2D eigenvalue weighted by atomic mass is 9.92. The van der Waals surface area contributed by atoms with Crippen molar-refractivity contribution in [3.05, 3.63) is 65.4 Å². The predicted molar refractivity (Wildman–Crippen MR) is 124 cm³/mol. The highest BCUT2D eigenvalue weighted by Gasteiger charge is 2.44. The number of rotatable bonds is 9. The Kier molecular flexibility index (Phi) is 7.23. The third-order valence-corrected chi connectivity index (χ3v) is 5.21. The quantitative estimate of drug-likeness (QED) is 0.580. The smallest absolute Gasteiger partial charge is 0.294 e. The zero-order valence-electron chi connectivity index (χ0n) is 19.3. The number of aliphatic hydroxyl groups is 1. The summed E-state index contributed by atoms with van der Waals surface area (Å²) in [5.74, 6) is 0.454. The van der Waals surface area contributed by atoms with Crippen LogP contribution in [0.5, 0.6) is 11.5 Å². The van der Waals surface area contributed by atoms with Crippen molar-refractivity contribution in [1.29, 1.82) is 0 Å². The van der Waals surface area contributed by atoms with Gasteiger partial charge in [-0.15, -0.1) is 0 Å². The molecule has 0 aliphatic carbocycles. The number of amides is 1. The maximum atomic E-state index is 13.1. The molecule has 1 unspecified atom stereocenters. The van der Waals surface area contributed by atoms with Crippen LogP contribution in [-0.2, 0) is 9.59 Å². The molecule has 2 aromatic carbocycles. The molecule has 1 aliphatic heterocycles. The molecule has 170 valence electrons. The summed E-state index contributed by atoms with van der Waals surface area (Å²) in [6.07, 6.45) is 0.239. The molecule has 0 spiro atoms. The third-order valence-electron chi connectivity index (χ3n) is 5.21. The normalized spacial score (nSPS) is 16.3. The molecule has 3 rings (SSSR count). The van der Waals surface area contributed by atoms with Gasteiger partial charge < -0.3 is 14.6 Å². The summed E-state index contributed by atoms with van der Waals surface area (Å²) in [5.41, 5.74) is 1.38. The summed E-state index contributed by atoms with van der Waals surface area (Å²) in [7, 11) is 1.56. The fourth-order valence-corrected chi connectivity index (χ4v) is 3.73. The Labute approximate surface area is 189 Å². The Morgan fingerprint density at radius 2 is 1.72 bits per heavy atom. The van der Waals surface area contributed by atoms with E-state index in [2.05, 4.69) is 13.8 Å². The third kappa shape index (κ3) is 4.96. The van der Waals surface area contributed by atoms with Gasteiger partial charge in [-0.3, -0.25) is 14.5 Å². The van der Waals surface area contributed by atoms with E-state index in [1.165, 1.54) is 4.90 Å². The first-order valence-corrected chi connectivity index (χ1v) is 10.9. The van der Waals surface area contributed by atoms with Crippen molar-refractivity contribution in [3.8, 4) is 11.5 Å². The zero-order chi connectivity index (χ0) is 23.4. The van der Waals surface area contributed by atoms with Gasteiger partial charge in [-0.05, 0) is 53.8 Å². The molecule has 1 heterocycles. The standard InChI is InChI=1S/C26H31NO5/c1-16(2)13-22(28)23-24(18-7-6-8-21(14-18)31-5)27(26(30)25(23)29)19-9-11-20(12-10-19)32-15-17(3)4/h6-12,14,16-17,24,29H,13,15H2,1-5H3. The average molecular weight is 438 g/mol. The highest BCUT2D eigenvalue weighted by Crippen LogP contribution is 2.42. The second-order valence-corrected chi connectivity index (χ2v) is 8.84. The molecular weight excluding hydrogens is 406 g/mol. The van der Waals surface area contributed by atoms with Gasteiger partial charge >= 0.3 is 0 Å². The van der Waals surface area contributed by atoms with E-state index in [4.69, 9.17) is 9.47 Å². The molecule has 0 radical (unpaired) electrons. The average Bonchev–Trinajstić information content (AvgIpc) is 3.03. The Morgan fingerprint density at radius 3 is 2.31 bits per heavy atom. The van der Waals surface area contributed by atoms with Gasteiger partial charge in [-0.2, -0.15) is 0 Å². The van der Waals surface area contributed by atoms with E-state index in [0.29, 0.717) is 35.3 Å².